The Hall–Kier alpha value is -1.71. The molecule has 1 N–H and O–H groups in total. The molecule has 2 rings (SSSR count). The first-order valence-electron chi connectivity index (χ1n) is 7.40. The molecule has 1 atom stereocenters. The van der Waals surface area contributed by atoms with E-state index in [1.54, 1.807) is 18.2 Å². The molecule has 0 radical (unpaired) electrons. The number of amides is 1. The van der Waals surface area contributed by atoms with E-state index in [4.69, 9.17) is 27.9 Å². The van der Waals surface area contributed by atoms with Gasteiger partial charge in [0.15, 0.2) is 6.10 Å². The van der Waals surface area contributed by atoms with Crippen LogP contribution in [-0.2, 0) is 4.79 Å². The van der Waals surface area contributed by atoms with E-state index in [0.717, 1.165) is 16.9 Å². The number of carbonyl (C=O) groups excluding carboxylic acids is 1. The lowest BCUT2D eigenvalue weighted by Crippen LogP contribution is -2.32. The minimum atomic E-state index is -0.590. The van der Waals surface area contributed by atoms with Crippen LogP contribution in [0.25, 0.3) is 0 Å². The third-order valence-corrected chi connectivity index (χ3v) is 3.84. The molecule has 23 heavy (non-hydrogen) atoms. The van der Waals surface area contributed by atoms with Crippen LogP contribution in [-0.4, -0.2) is 12.0 Å². The highest BCUT2D eigenvalue weighted by Crippen LogP contribution is 2.24. The van der Waals surface area contributed by atoms with Gasteiger partial charge >= 0.3 is 0 Å². The number of hydrogen-bond donors (Lipinski definition) is 1. The minimum absolute atomic E-state index is 0.230. The van der Waals surface area contributed by atoms with Crippen LogP contribution in [0.3, 0.4) is 0 Å². The molecule has 0 aliphatic carbocycles. The lowest BCUT2D eigenvalue weighted by molar-refractivity contribution is -0.122. The van der Waals surface area contributed by atoms with Crippen LogP contribution in [0.5, 0.6) is 5.75 Å². The van der Waals surface area contributed by atoms with Crippen LogP contribution in [0, 0.1) is 13.8 Å². The highest BCUT2D eigenvalue weighted by Gasteiger charge is 2.19. The van der Waals surface area contributed by atoms with Gasteiger partial charge < -0.3 is 10.1 Å². The number of carbonyl (C=O) groups is 1. The molecule has 0 heterocycles. The van der Waals surface area contributed by atoms with Crippen molar-refractivity contribution < 1.29 is 9.53 Å². The number of halogens is 2. The summed E-state index contributed by atoms with van der Waals surface area (Å²) >= 11 is 11.9. The van der Waals surface area contributed by atoms with Crippen molar-refractivity contribution in [3.63, 3.8) is 0 Å². The first-order chi connectivity index (χ1) is 10.9. The molecule has 0 saturated heterocycles. The summed E-state index contributed by atoms with van der Waals surface area (Å²) < 4.78 is 5.89. The molecule has 0 spiro atoms. The van der Waals surface area contributed by atoms with E-state index in [2.05, 4.69) is 5.32 Å². The van der Waals surface area contributed by atoms with E-state index < -0.39 is 6.10 Å². The van der Waals surface area contributed by atoms with Crippen molar-refractivity contribution in [1.82, 2.24) is 0 Å². The fourth-order valence-electron chi connectivity index (χ4n) is 2.16. The quantitative estimate of drug-likeness (QED) is 0.782. The van der Waals surface area contributed by atoms with Crippen LogP contribution < -0.4 is 10.1 Å². The molecule has 3 nitrogen and oxygen atoms in total. The molecule has 0 aromatic heterocycles. The predicted octanol–water partition coefficient (Wildman–Crippen LogP) is 5.41. The zero-order valence-electron chi connectivity index (χ0n) is 13.3. The summed E-state index contributed by atoms with van der Waals surface area (Å²) in [5, 5.41) is 3.73. The molecule has 0 aliphatic heterocycles. The van der Waals surface area contributed by atoms with Crippen molar-refractivity contribution in [2.75, 3.05) is 5.32 Å². The number of benzene rings is 2. The van der Waals surface area contributed by atoms with E-state index in [-0.39, 0.29) is 5.91 Å². The SMILES string of the molecule is CC[C@@H](Oc1cc(C)ccc1C)C(=O)Nc1cc(Cl)cc(Cl)c1. The third-order valence-electron chi connectivity index (χ3n) is 3.41. The lowest BCUT2D eigenvalue weighted by atomic mass is 10.1. The monoisotopic (exact) mass is 351 g/mol. The van der Waals surface area contributed by atoms with E-state index in [9.17, 15) is 4.79 Å². The van der Waals surface area contributed by atoms with Crippen LogP contribution in [0.15, 0.2) is 36.4 Å². The van der Waals surface area contributed by atoms with Gasteiger partial charge in [0.05, 0.1) is 0 Å². The van der Waals surface area contributed by atoms with Gasteiger partial charge in [-0.2, -0.15) is 0 Å². The highest BCUT2D eigenvalue weighted by molar-refractivity contribution is 6.35. The van der Waals surface area contributed by atoms with Gasteiger partial charge in [-0.05, 0) is 55.7 Å². The zero-order chi connectivity index (χ0) is 17.0. The average Bonchev–Trinajstić information content (AvgIpc) is 2.46. The molecule has 0 saturated carbocycles. The number of nitrogens with one attached hydrogen (secondary N) is 1. The molecule has 2 aromatic carbocycles. The predicted molar refractivity (Wildman–Crippen MR) is 95.7 cm³/mol. The molecule has 122 valence electrons. The van der Waals surface area contributed by atoms with Crippen molar-refractivity contribution in [2.45, 2.75) is 33.3 Å². The smallest absolute Gasteiger partial charge is 0.265 e. The molecule has 0 bridgehead atoms. The van der Waals surface area contributed by atoms with Gasteiger partial charge in [-0.1, -0.05) is 42.3 Å². The Labute approximate surface area is 146 Å². The first-order valence-corrected chi connectivity index (χ1v) is 8.15. The van der Waals surface area contributed by atoms with E-state index in [1.807, 2.05) is 39.0 Å². The molecular formula is C18H19Cl2NO2. The maximum absolute atomic E-state index is 12.4. The topological polar surface area (TPSA) is 38.3 Å². The van der Waals surface area contributed by atoms with Crippen LogP contribution in [0.1, 0.15) is 24.5 Å². The van der Waals surface area contributed by atoms with E-state index in [1.165, 1.54) is 0 Å². The van der Waals surface area contributed by atoms with Crippen molar-refractivity contribution in [3.8, 4) is 5.75 Å². The standard InChI is InChI=1S/C18H19Cl2NO2/c1-4-16(23-17-7-11(2)5-6-12(17)3)18(22)21-15-9-13(19)8-14(20)10-15/h5-10,16H,4H2,1-3H3,(H,21,22)/t16-/m1/s1. The summed E-state index contributed by atoms with van der Waals surface area (Å²) in [4.78, 5) is 12.4. The summed E-state index contributed by atoms with van der Waals surface area (Å²) in [7, 11) is 0. The van der Waals surface area contributed by atoms with Gasteiger partial charge in [0, 0.05) is 15.7 Å². The van der Waals surface area contributed by atoms with Crippen molar-refractivity contribution in [2.24, 2.45) is 0 Å². The Morgan fingerprint density at radius 2 is 1.78 bits per heavy atom. The largest absolute Gasteiger partial charge is 0.480 e. The van der Waals surface area contributed by atoms with Gasteiger partial charge in [-0.15, -0.1) is 0 Å². The molecule has 0 aliphatic rings. The van der Waals surface area contributed by atoms with Crippen LogP contribution in [0.4, 0.5) is 5.69 Å². The summed E-state index contributed by atoms with van der Waals surface area (Å²) in [6, 6.07) is 10.8. The Kier molecular flexibility index (Phi) is 5.91. The van der Waals surface area contributed by atoms with Gasteiger partial charge in [-0.25, -0.2) is 0 Å². The van der Waals surface area contributed by atoms with Gasteiger partial charge in [-0.3, -0.25) is 4.79 Å². The molecule has 0 unspecified atom stereocenters. The van der Waals surface area contributed by atoms with Crippen LogP contribution in [0.2, 0.25) is 10.0 Å². The fraction of sp³-hybridized carbons (Fsp3) is 0.278. The molecule has 1 amide bonds. The van der Waals surface area contributed by atoms with Gasteiger partial charge in [0.25, 0.3) is 5.91 Å². The number of aryl methyl sites for hydroxylation is 2. The summed E-state index contributed by atoms with van der Waals surface area (Å²) in [6.45, 7) is 5.84. The van der Waals surface area contributed by atoms with E-state index in [0.29, 0.717) is 22.2 Å². The van der Waals surface area contributed by atoms with Gasteiger partial charge in [0.2, 0.25) is 0 Å². The van der Waals surface area contributed by atoms with Crippen LogP contribution >= 0.6 is 23.2 Å². The molecule has 2 aromatic rings. The Bertz CT molecular complexity index is 696. The normalized spacial score (nSPS) is 11.9. The summed E-state index contributed by atoms with van der Waals surface area (Å²) in [5.74, 6) is 0.489. The van der Waals surface area contributed by atoms with E-state index >= 15 is 0 Å². The van der Waals surface area contributed by atoms with Crippen molar-refractivity contribution in [3.05, 3.63) is 57.6 Å². The maximum atomic E-state index is 12.4. The second-order valence-electron chi connectivity index (χ2n) is 5.43. The number of ether oxygens (including phenoxy) is 1. The number of rotatable bonds is 5. The lowest BCUT2D eigenvalue weighted by Gasteiger charge is -2.19. The maximum Gasteiger partial charge on any atom is 0.265 e. The zero-order valence-corrected chi connectivity index (χ0v) is 14.8. The summed E-state index contributed by atoms with van der Waals surface area (Å²) in [6.07, 6.45) is -0.0405. The third kappa shape index (κ3) is 4.88. The molecule has 0 fully saturated rings. The molecular weight excluding hydrogens is 333 g/mol. The minimum Gasteiger partial charge on any atom is -0.480 e. The highest BCUT2D eigenvalue weighted by atomic mass is 35.5. The first kappa shape index (κ1) is 17.6. The summed E-state index contributed by atoms with van der Waals surface area (Å²) in [5.41, 5.74) is 2.63. The fourth-order valence-corrected chi connectivity index (χ4v) is 2.68. The second-order valence-corrected chi connectivity index (χ2v) is 6.30. The number of anilines is 1. The number of hydrogen-bond acceptors (Lipinski definition) is 2. The van der Waals surface area contributed by atoms with Crippen molar-refractivity contribution >= 4 is 34.8 Å². The van der Waals surface area contributed by atoms with Crippen molar-refractivity contribution in [1.29, 1.82) is 0 Å². The second kappa shape index (κ2) is 7.71. The Morgan fingerprint density at radius 3 is 2.39 bits per heavy atom. The molecule has 5 heteroatoms. The average molecular weight is 352 g/mol. The van der Waals surface area contributed by atoms with Gasteiger partial charge in [0.1, 0.15) is 5.75 Å². The Morgan fingerprint density at radius 1 is 1.13 bits per heavy atom. The Balaban J connectivity index is 2.13.